The first-order valence-electron chi connectivity index (χ1n) is 4.64. The Kier molecular flexibility index (Phi) is 2.60. The molecule has 3 nitrogen and oxygen atoms in total. The van der Waals surface area contributed by atoms with Gasteiger partial charge in [-0.2, -0.15) is 5.10 Å². The second kappa shape index (κ2) is 3.72. The van der Waals surface area contributed by atoms with Crippen molar-refractivity contribution < 1.29 is 0 Å². The summed E-state index contributed by atoms with van der Waals surface area (Å²) < 4.78 is 1.95. The van der Waals surface area contributed by atoms with Gasteiger partial charge in [-0.3, -0.25) is 4.68 Å². The van der Waals surface area contributed by atoms with Gasteiger partial charge in [0.15, 0.2) is 0 Å². The maximum Gasteiger partial charge on any atom is 0.0961 e. The van der Waals surface area contributed by atoms with E-state index in [1.807, 2.05) is 29.7 Å². The SMILES string of the molecule is CC1CCNC(c2ccnn2C)S1. The van der Waals surface area contributed by atoms with Crippen LogP contribution in [0.25, 0.3) is 0 Å². The van der Waals surface area contributed by atoms with E-state index in [-0.39, 0.29) is 0 Å². The van der Waals surface area contributed by atoms with E-state index in [0.29, 0.717) is 5.37 Å². The summed E-state index contributed by atoms with van der Waals surface area (Å²) in [6.07, 6.45) is 3.12. The number of aryl methyl sites for hydroxylation is 1. The second-order valence-electron chi connectivity index (χ2n) is 3.45. The molecule has 0 amide bonds. The van der Waals surface area contributed by atoms with Crippen LogP contribution in [0.15, 0.2) is 12.3 Å². The summed E-state index contributed by atoms with van der Waals surface area (Å²) >= 11 is 1.99. The molecule has 2 unspecified atom stereocenters. The highest BCUT2D eigenvalue weighted by atomic mass is 32.2. The summed E-state index contributed by atoms with van der Waals surface area (Å²) in [5.74, 6) is 0. The Hall–Kier alpha value is -0.480. The number of nitrogens with one attached hydrogen (secondary N) is 1. The van der Waals surface area contributed by atoms with E-state index in [9.17, 15) is 0 Å². The molecule has 1 aromatic rings. The van der Waals surface area contributed by atoms with Gasteiger partial charge in [-0.15, -0.1) is 11.8 Å². The minimum atomic E-state index is 0.427. The average Bonchev–Trinajstić information content (AvgIpc) is 2.51. The molecule has 2 heterocycles. The molecule has 0 aromatic carbocycles. The van der Waals surface area contributed by atoms with Crippen LogP contribution in [0.4, 0.5) is 0 Å². The van der Waals surface area contributed by atoms with Gasteiger partial charge in [0, 0.05) is 18.5 Å². The van der Waals surface area contributed by atoms with Crippen molar-refractivity contribution in [3.63, 3.8) is 0 Å². The lowest BCUT2D eigenvalue weighted by atomic mass is 10.3. The minimum absolute atomic E-state index is 0.427. The molecule has 0 spiro atoms. The van der Waals surface area contributed by atoms with Crippen molar-refractivity contribution in [1.82, 2.24) is 15.1 Å². The van der Waals surface area contributed by atoms with Gasteiger partial charge in [0.05, 0.1) is 11.1 Å². The first-order chi connectivity index (χ1) is 6.27. The van der Waals surface area contributed by atoms with E-state index < -0.39 is 0 Å². The van der Waals surface area contributed by atoms with Crippen molar-refractivity contribution in [1.29, 1.82) is 0 Å². The zero-order valence-corrected chi connectivity index (χ0v) is 8.84. The number of thioether (sulfide) groups is 1. The summed E-state index contributed by atoms with van der Waals surface area (Å²) in [6.45, 7) is 3.40. The zero-order valence-electron chi connectivity index (χ0n) is 8.03. The molecule has 2 rings (SSSR count). The molecule has 1 aliphatic heterocycles. The highest BCUT2D eigenvalue weighted by molar-refractivity contribution is 8.00. The smallest absolute Gasteiger partial charge is 0.0961 e. The topological polar surface area (TPSA) is 29.9 Å². The van der Waals surface area contributed by atoms with Gasteiger partial charge in [-0.25, -0.2) is 0 Å². The van der Waals surface area contributed by atoms with Gasteiger partial charge in [0.2, 0.25) is 0 Å². The van der Waals surface area contributed by atoms with E-state index in [0.717, 1.165) is 11.8 Å². The average molecular weight is 197 g/mol. The molecule has 0 radical (unpaired) electrons. The lowest BCUT2D eigenvalue weighted by Crippen LogP contribution is -2.30. The maximum atomic E-state index is 4.18. The predicted molar refractivity (Wildman–Crippen MR) is 55.6 cm³/mol. The van der Waals surface area contributed by atoms with Crippen molar-refractivity contribution in [2.75, 3.05) is 6.54 Å². The van der Waals surface area contributed by atoms with Crippen LogP contribution in [0.3, 0.4) is 0 Å². The van der Waals surface area contributed by atoms with Crippen LogP contribution in [0.1, 0.15) is 24.4 Å². The molecule has 1 fully saturated rings. The summed E-state index contributed by atoms with van der Waals surface area (Å²) in [6, 6.07) is 2.09. The highest BCUT2D eigenvalue weighted by Crippen LogP contribution is 2.33. The fourth-order valence-corrected chi connectivity index (χ4v) is 2.88. The van der Waals surface area contributed by atoms with Crippen LogP contribution in [0.2, 0.25) is 0 Å². The third kappa shape index (κ3) is 1.89. The van der Waals surface area contributed by atoms with Crippen LogP contribution in [-0.2, 0) is 7.05 Å². The lowest BCUT2D eigenvalue weighted by molar-refractivity contribution is 0.571. The van der Waals surface area contributed by atoms with Crippen LogP contribution in [0, 0.1) is 0 Å². The molecule has 4 heteroatoms. The first-order valence-corrected chi connectivity index (χ1v) is 5.58. The van der Waals surface area contributed by atoms with Crippen LogP contribution in [0.5, 0.6) is 0 Å². The quantitative estimate of drug-likeness (QED) is 0.740. The predicted octanol–water partition coefficient (Wildman–Crippen LogP) is 1.53. The van der Waals surface area contributed by atoms with Crippen LogP contribution >= 0.6 is 11.8 Å². The third-order valence-electron chi connectivity index (χ3n) is 2.38. The summed E-state index contributed by atoms with van der Waals surface area (Å²) in [4.78, 5) is 0. The molecule has 0 saturated carbocycles. The Morgan fingerprint density at radius 2 is 2.54 bits per heavy atom. The van der Waals surface area contributed by atoms with Crippen molar-refractivity contribution in [2.24, 2.45) is 7.05 Å². The van der Waals surface area contributed by atoms with Crippen LogP contribution in [-0.4, -0.2) is 21.6 Å². The number of nitrogens with zero attached hydrogens (tertiary/aromatic N) is 2. The zero-order chi connectivity index (χ0) is 9.26. The fourth-order valence-electron chi connectivity index (χ4n) is 1.58. The fraction of sp³-hybridized carbons (Fsp3) is 0.667. The van der Waals surface area contributed by atoms with Gasteiger partial charge in [0.25, 0.3) is 0 Å². The minimum Gasteiger partial charge on any atom is -0.300 e. The molecular weight excluding hydrogens is 182 g/mol. The third-order valence-corrected chi connectivity index (χ3v) is 3.76. The number of aromatic nitrogens is 2. The van der Waals surface area contributed by atoms with E-state index in [2.05, 4.69) is 23.4 Å². The molecule has 2 atom stereocenters. The van der Waals surface area contributed by atoms with Gasteiger partial charge >= 0.3 is 0 Å². The molecule has 13 heavy (non-hydrogen) atoms. The Morgan fingerprint density at radius 1 is 1.69 bits per heavy atom. The summed E-state index contributed by atoms with van der Waals surface area (Å²) in [5, 5.41) is 8.85. The number of hydrogen-bond acceptors (Lipinski definition) is 3. The summed E-state index contributed by atoms with van der Waals surface area (Å²) in [7, 11) is 2.00. The largest absolute Gasteiger partial charge is 0.300 e. The van der Waals surface area contributed by atoms with E-state index in [1.54, 1.807) is 0 Å². The van der Waals surface area contributed by atoms with Crippen molar-refractivity contribution in [3.8, 4) is 0 Å². The van der Waals surface area contributed by atoms with Gasteiger partial charge in [0.1, 0.15) is 0 Å². The van der Waals surface area contributed by atoms with Crippen molar-refractivity contribution >= 4 is 11.8 Å². The summed E-state index contributed by atoms with van der Waals surface area (Å²) in [5.41, 5.74) is 1.27. The normalized spacial score (nSPS) is 29.1. The Bertz CT molecular complexity index is 284. The standard InChI is InChI=1S/C9H15N3S/c1-7-3-5-10-9(13-7)8-4-6-11-12(8)2/h4,6-7,9-10H,3,5H2,1-2H3. The monoisotopic (exact) mass is 197 g/mol. The molecule has 72 valence electrons. The van der Waals surface area contributed by atoms with Crippen molar-refractivity contribution in [2.45, 2.75) is 24.0 Å². The van der Waals surface area contributed by atoms with Crippen LogP contribution < -0.4 is 5.32 Å². The second-order valence-corrected chi connectivity index (χ2v) is 5.00. The lowest BCUT2D eigenvalue weighted by Gasteiger charge is -2.27. The molecule has 0 bridgehead atoms. The molecule has 0 aliphatic carbocycles. The highest BCUT2D eigenvalue weighted by Gasteiger charge is 2.21. The molecule has 1 aromatic heterocycles. The molecule has 1 saturated heterocycles. The van der Waals surface area contributed by atoms with E-state index in [4.69, 9.17) is 0 Å². The molecule has 1 N–H and O–H groups in total. The van der Waals surface area contributed by atoms with Gasteiger partial charge < -0.3 is 5.32 Å². The van der Waals surface area contributed by atoms with Crippen molar-refractivity contribution in [3.05, 3.63) is 18.0 Å². The molecule has 1 aliphatic rings. The van der Waals surface area contributed by atoms with E-state index >= 15 is 0 Å². The Labute approximate surface area is 82.9 Å². The van der Waals surface area contributed by atoms with Gasteiger partial charge in [-0.05, 0) is 19.0 Å². The van der Waals surface area contributed by atoms with Gasteiger partial charge in [-0.1, -0.05) is 6.92 Å². The molecular formula is C9H15N3S. The van der Waals surface area contributed by atoms with E-state index in [1.165, 1.54) is 12.1 Å². The number of hydrogen-bond donors (Lipinski definition) is 1. The Balaban J connectivity index is 2.12. The number of rotatable bonds is 1. The Morgan fingerprint density at radius 3 is 3.15 bits per heavy atom. The first kappa shape index (κ1) is 9.09. The maximum absolute atomic E-state index is 4.18.